The van der Waals surface area contributed by atoms with E-state index >= 15 is 0 Å². The molecule has 18 heavy (non-hydrogen) atoms. The maximum Gasteiger partial charge on any atom is 0.347 e. The van der Waals surface area contributed by atoms with Gasteiger partial charge >= 0.3 is 5.97 Å². The third-order valence-corrected chi connectivity index (χ3v) is 3.52. The topological polar surface area (TPSA) is 62.2 Å². The van der Waals surface area contributed by atoms with E-state index in [1.807, 2.05) is 26.0 Å². The Morgan fingerprint density at radius 2 is 1.83 bits per heavy atom. The highest BCUT2D eigenvalue weighted by atomic mass is 32.1. The van der Waals surface area contributed by atoms with Gasteiger partial charge in [0.2, 0.25) is 0 Å². The van der Waals surface area contributed by atoms with Gasteiger partial charge in [-0.2, -0.15) is 0 Å². The van der Waals surface area contributed by atoms with E-state index < -0.39 is 5.97 Å². The average molecular weight is 262 g/mol. The highest BCUT2D eigenvalue weighted by molar-refractivity contribution is 7.17. The summed E-state index contributed by atoms with van der Waals surface area (Å²) in [5, 5.41) is 12.7. The van der Waals surface area contributed by atoms with E-state index in [0.29, 0.717) is 10.8 Å². The Kier molecular flexibility index (Phi) is 3.34. The second-order valence-corrected chi connectivity index (χ2v) is 5.24. The molecule has 4 nitrogen and oxygen atoms in total. The lowest BCUT2D eigenvalue weighted by Gasteiger charge is -2.05. The molecule has 2 N–H and O–H groups in total. The molecule has 0 aliphatic rings. The highest BCUT2D eigenvalue weighted by Crippen LogP contribution is 2.26. The fourth-order valence-corrected chi connectivity index (χ4v) is 2.64. The van der Waals surface area contributed by atoms with Crippen molar-refractivity contribution < 1.29 is 9.90 Å². The zero-order valence-corrected chi connectivity index (χ0v) is 11.3. The van der Waals surface area contributed by atoms with Gasteiger partial charge < -0.3 is 10.4 Å². The summed E-state index contributed by atoms with van der Waals surface area (Å²) in [5.74, 6) is -0.932. The summed E-state index contributed by atoms with van der Waals surface area (Å²) in [6.07, 6.45) is 0. The maximum absolute atomic E-state index is 10.9. The molecule has 5 heteroatoms. The van der Waals surface area contributed by atoms with Gasteiger partial charge in [-0.15, -0.1) is 0 Å². The van der Waals surface area contributed by atoms with Crippen molar-refractivity contribution in [3.8, 4) is 0 Å². The minimum absolute atomic E-state index is 0.280. The van der Waals surface area contributed by atoms with Gasteiger partial charge in [0.15, 0.2) is 5.13 Å². The highest BCUT2D eigenvalue weighted by Gasteiger charge is 2.13. The van der Waals surface area contributed by atoms with Gasteiger partial charge in [-0.05, 0) is 44.0 Å². The molecule has 0 saturated carbocycles. The van der Waals surface area contributed by atoms with Gasteiger partial charge in [0.05, 0.1) is 5.69 Å². The lowest BCUT2D eigenvalue weighted by atomic mass is 10.1. The molecule has 0 saturated heterocycles. The number of aromatic carboxylic acids is 1. The molecule has 0 spiro atoms. The number of aromatic nitrogens is 1. The normalized spacial score (nSPS) is 10.4. The number of benzene rings is 1. The van der Waals surface area contributed by atoms with Crippen molar-refractivity contribution in [1.29, 1.82) is 0 Å². The van der Waals surface area contributed by atoms with Crippen LogP contribution in [0.3, 0.4) is 0 Å². The number of hydrogen-bond acceptors (Lipinski definition) is 4. The Hall–Kier alpha value is -1.88. The number of carboxylic acid groups (broad SMARTS) is 1. The van der Waals surface area contributed by atoms with E-state index in [1.54, 1.807) is 6.92 Å². The monoisotopic (exact) mass is 262 g/mol. The number of nitrogens with zero attached hydrogens (tertiary/aromatic N) is 1. The second-order valence-electron chi connectivity index (χ2n) is 4.24. The van der Waals surface area contributed by atoms with Crippen molar-refractivity contribution in [1.82, 2.24) is 4.98 Å². The molecule has 0 unspecified atom stereocenters. The summed E-state index contributed by atoms with van der Waals surface area (Å²) < 4.78 is 0. The number of rotatable bonds is 3. The Balaban J connectivity index is 2.28. The number of anilines is 2. The minimum Gasteiger partial charge on any atom is -0.477 e. The molecule has 2 aromatic rings. The van der Waals surface area contributed by atoms with E-state index in [4.69, 9.17) is 5.11 Å². The first-order valence-corrected chi connectivity index (χ1v) is 6.33. The van der Waals surface area contributed by atoms with E-state index in [2.05, 4.69) is 16.4 Å². The lowest BCUT2D eigenvalue weighted by Crippen LogP contribution is -1.94. The number of thiazole rings is 1. The van der Waals surface area contributed by atoms with E-state index in [1.165, 1.54) is 0 Å². The number of nitrogens with one attached hydrogen (secondary N) is 1. The van der Waals surface area contributed by atoms with Crippen LogP contribution in [0.5, 0.6) is 0 Å². The summed E-state index contributed by atoms with van der Waals surface area (Å²) in [5.41, 5.74) is 3.78. The Bertz CT molecular complexity index is 585. The lowest BCUT2D eigenvalue weighted by molar-refractivity contribution is 0.0701. The largest absolute Gasteiger partial charge is 0.477 e. The summed E-state index contributed by atoms with van der Waals surface area (Å²) in [4.78, 5) is 15.4. The van der Waals surface area contributed by atoms with Gasteiger partial charge in [-0.3, -0.25) is 0 Å². The molecule has 0 atom stereocenters. The summed E-state index contributed by atoms with van der Waals surface area (Å²) in [6, 6.07) is 6.09. The zero-order valence-electron chi connectivity index (χ0n) is 10.4. The van der Waals surface area contributed by atoms with Crippen molar-refractivity contribution >= 4 is 28.1 Å². The molecular weight excluding hydrogens is 248 g/mol. The van der Waals surface area contributed by atoms with Crippen LogP contribution < -0.4 is 5.32 Å². The summed E-state index contributed by atoms with van der Waals surface area (Å²) in [6.45, 7) is 5.74. The standard InChI is InChI=1S/C13H14N2O2S/c1-7-4-8(2)6-10(5-7)15-13-14-9(3)11(18-13)12(16)17/h4-6H,1-3H3,(H,14,15)(H,16,17). The van der Waals surface area contributed by atoms with Crippen molar-refractivity contribution in [3.05, 3.63) is 39.9 Å². The Morgan fingerprint density at radius 1 is 1.22 bits per heavy atom. The fourth-order valence-electron chi connectivity index (χ4n) is 1.82. The van der Waals surface area contributed by atoms with Crippen LogP contribution >= 0.6 is 11.3 Å². The van der Waals surface area contributed by atoms with Crippen LogP contribution in [0.4, 0.5) is 10.8 Å². The first kappa shape index (κ1) is 12.6. The smallest absolute Gasteiger partial charge is 0.347 e. The van der Waals surface area contributed by atoms with Gasteiger partial charge in [0.1, 0.15) is 4.88 Å². The van der Waals surface area contributed by atoms with E-state index in [-0.39, 0.29) is 4.88 Å². The third kappa shape index (κ3) is 2.68. The Labute approximate surface area is 109 Å². The molecule has 0 aliphatic heterocycles. The SMILES string of the molecule is Cc1cc(C)cc(Nc2nc(C)c(C(=O)O)s2)c1. The maximum atomic E-state index is 10.9. The van der Waals surface area contributed by atoms with Crippen molar-refractivity contribution in [3.63, 3.8) is 0 Å². The molecule has 2 rings (SSSR count). The van der Waals surface area contributed by atoms with Crippen LogP contribution in [0, 0.1) is 20.8 Å². The van der Waals surface area contributed by atoms with Crippen LogP contribution in [0.2, 0.25) is 0 Å². The number of aryl methyl sites for hydroxylation is 3. The van der Waals surface area contributed by atoms with E-state index in [9.17, 15) is 4.79 Å². The predicted molar refractivity (Wildman–Crippen MR) is 73.0 cm³/mol. The van der Waals surface area contributed by atoms with Crippen LogP contribution in [-0.4, -0.2) is 16.1 Å². The molecule has 0 fully saturated rings. The number of carbonyl (C=O) groups is 1. The van der Waals surface area contributed by atoms with Crippen LogP contribution in [0.15, 0.2) is 18.2 Å². The molecule has 94 valence electrons. The Morgan fingerprint density at radius 3 is 2.33 bits per heavy atom. The molecule has 1 heterocycles. The van der Waals surface area contributed by atoms with Crippen LogP contribution in [0.25, 0.3) is 0 Å². The van der Waals surface area contributed by atoms with Crippen LogP contribution in [0.1, 0.15) is 26.5 Å². The molecule has 1 aromatic carbocycles. The average Bonchev–Trinajstić information content (AvgIpc) is 2.57. The first-order chi connectivity index (χ1) is 8.45. The first-order valence-electron chi connectivity index (χ1n) is 5.52. The van der Waals surface area contributed by atoms with Gasteiger partial charge in [-0.1, -0.05) is 17.4 Å². The van der Waals surface area contributed by atoms with Gasteiger partial charge in [0.25, 0.3) is 0 Å². The minimum atomic E-state index is -0.932. The van der Waals surface area contributed by atoms with Gasteiger partial charge in [-0.25, -0.2) is 9.78 Å². The third-order valence-electron chi connectivity index (χ3n) is 2.46. The predicted octanol–water partition coefficient (Wildman–Crippen LogP) is 3.51. The second kappa shape index (κ2) is 4.78. The van der Waals surface area contributed by atoms with Gasteiger partial charge in [0, 0.05) is 5.69 Å². The summed E-state index contributed by atoms with van der Waals surface area (Å²) in [7, 11) is 0. The number of hydrogen-bond donors (Lipinski definition) is 2. The molecule has 0 amide bonds. The zero-order chi connectivity index (χ0) is 13.3. The molecular formula is C13H14N2O2S. The van der Waals surface area contributed by atoms with E-state index in [0.717, 1.165) is 28.2 Å². The molecule has 0 bridgehead atoms. The molecule has 0 radical (unpaired) electrons. The number of carboxylic acids is 1. The quantitative estimate of drug-likeness (QED) is 0.888. The summed E-state index contributed by atoms with van der Waals surface area (Å²) >= 11 is 1.15. The fraction of sp³-hybridized carbons (Fsp3) is 0.231. The van der Waals surface area contributed by atoms with Crippen LogP contribution in [-0.2, 0) is 0 Å². The van der Waals surface area contributed by atoms with Crippen molar-refractivity contribution in [2.24, 2.45) is 0 Å². The molecule has 1 aromatic heterocycles. The molecule has 0 aliphatic carbocycles. The van der Waals surface area contributed by atoms with Crippen molar-refractivity contribution in [2.45, 2.75) is 20.8 Å². The van der Waals surface area contributed by atoms with Crippen molar-refractivity contribution in [2.75, 3.05) is 5.32 Å².